The number of hydrogen-bond donors (Lipinski definition) is 1. The lowest BCUT2D eigenvalue weighted by atomic mass is 9.90. The van der Waals surface area contributed by atoms with Gasteiger partial charge in [-0.1, -0.05) is 19.8 Å². The van der Waals surface area contributed by atoms with E-state index < -0.39 is 4.92 Å². The summed E-state index contributed by atoms with van der Waals surface area (Å²) < 4.78 is 11.2. The summed E-state index contributed by atoms with van der Waals surface area (Å²) >= 11 is 0. The number of ether oxygens (including phenoxy) is 2. The van der Waals surface area contributed by atoms with E-state index in [4.69, 9.17) is 9.47 Å². The molecule has 2 fully saturated rings. The van der Waals surface area contributed by atoms with E-state index >= 15 is 0 Å². The second-order valence-corrected chi connectivity index (χ2v) is 8.69. The number of nitrogens with one attached hydrogen (secondary N) is 1. The lowest BCUT2D eigenvalue weighted by Gasteiger charge is -2.15. The van der Waals surface area contributed by atoms with E-state index in [1.54, 1.807) is 37.6 Å². The zero-order valence-electron chi connectivity index (χ0n) is 18.2. The zero-order valence-corrected chi connectivity index (χ0v) is 18.2. The van der Waals surface area contributed by atoms with Crippen molar-refractivity contribution in [3.63, 3.8) is 0 Å². The smallest absolute Gasteiger partial charge is 0.269 e. The van der Waals surface area contributed by atoms with Gasteiger partial charge in [0.05, 0.1) is 18.2 Å². The first-order chi connectivity index (χ1) is 15.4. The lowest BCUT2D eigenvalue weighted by molar-refractivity contribution is -0.384. The van der Waals surface area contributed by atoms with Crippen molar-refractivity contribution >= 4 is 17.8 Å². The summed E-state index contributed by atoms with van der Waals surface area (Å²) in [5, 5.41) is 14.9. The van der Waals surface area contributed by atoms with Gasteiger partial charge in [-0.05, 0) is 65.6 Å². The number of nitrogens with zero attached hydrogens (tertiary/aromatic N) is 2. The maximum absolute atomic E-state index is 12.5. The molecule has 0 aromatic heterocycles. The lowest BCUT2D eigenvalue weighted by Crippen LogP contribution is -2.22. The van der Waals surface area contributed by atoms with Crippen LogP contribution < -0.4 is 14.9 Å². The third-order valence-electron chi connectivity index (χ3n) is 6.73. The first-order valence-corrected chi connectivity index (χ1v) is 10.8. The number of nitro groups is 1. The van der Waals surface area contributed by atoms with Crippen LogP contribution in [0.15, 0.2) is 47.6 Å². The van der Waals surface area contributed by atoms with Crippen LogP contribution in [0.2, 0.25) is 0 Å². The van der Waals surface area contributed by atoms with Gasteiger partial charge in [0.1, 0.15) is 6.61 Å². The highest BCUT2D eigenvalue weighted by Gasteiger charge is 2.64. The SMILES string of the molecule is COc1cc(C=NNC(=O)[C@H]2[C@@H]3CCCC[C@@]32C)ccc1OCc1ccc([N+](=O)[O-])cc1. The summed E-state index contributed by atoms with van der Waals surface area (Å²) in [5.41, 5.74) is 4.47. The number of benzene rings is 2. The quantitative estimate of drug-likeness (QED) is 0.373. The third kappa shape index (κ3) is 4.44. The molecule has 2 saturated carbocycles. The Balaban J connectivity index is 1.33. The van der Waals surface area contributed by atoms with Crippen molar-refractivity contribution in [2.24, 2.45) is 22.4 Å². The van der Waals surface area contributed by atoms with Crippen molar-refractivity contribution in [1.29, 1.82) is 0 Å². The molecule has 3 atom stereocenters. The van der Waals surface area contributed by atoms with Crippen LogP contribution in [-0.2, 0) is 11.4 Å². The van der Waals surface area contributed by atoms with Crippen LogP contribution in [-0.4, -0.2) is 24.2 Å². The molecule has 168 valence electrons. The highest BCUT2D eigenvalue weighted by atomic mass is 16.6. The Labute approximate surface area is 186 Å². The minimum Gasteiger partial charge on any atom is -0.493 e. The molecule has 32 heavy (non-hydrogen) atoms. The summed E-state index contributed by atoms with van der Waals surface area (Å²) in [5.74, 6) is 1.65. The van der Waals surface area contributed by atoms with Gasteiger partial charge in [0, 0.05) is 18.1 Å². The van der Waals surface area contributed by atoms with Crippen molar-refractivity contribution in [3.8, 4) is 11.5 Å². The van der Waals surface area contributed by atoms with Crippen molar-refractivity contribution in [1.82, 2.24) is 5.43 Å². The van der Waals surface area contributed by atoms with E-state index in [-0.39, 0.29) is 29.5 Å². The molecule has 0 saturated heterocycles. The number of carbonyl (C=O) groups excluding carboxylic acids is 1. The Morgan fingerprint density at radius 1 is 1.25 bits per heavy atom. The van der Waals surface area contributed by atoms with Crippen LogP contribution >= 0.6 is 0 Å². The minimum atomic E-state index is -0.436. The van der Waals surface area contributed by atoms with Crippen molar-refractivity contribution < 1.29 is 19.2 Å². The summed E-state index contributed by atoms with van der Waals surface area (Å²) in [6.07, 6.45) is 6.27. The molecule has 2 aliphatic rings. The van der Waals surface area contributed by atoms with E-state index in [1.807, 2.05) is 6.07 Å². The topological polar surface area (TPSA) is 103 Å². The van der Waals surface area contributed by atoms with Gasteiger partial charge in [0.15, 0.2) is 11.5 Å². The van der Waals surface area contributed by atoms with E-state index in [1.165, 1.54) is 25.0 Å². The standard InChI is InChI=1S/C24H27N3O5/c1-24-12-4-3-5-19(24)22(24)23(28)26-25-14-17-8-11-20(21(13-17)31-2)32-15-16-6-9-18(10-7-16)27(29)30/h6-11,13-14,19,22H,3-5,12,15H2,1-2H3,(H,26,28)/t19-,22+,24-/m0/s1. The molecule has 0 spiro atoms. The average Bonchev–Trinajstić information content (AvgIpc) is 3.43. The van der Waals surface area contributed by atoms with Gasteiger partial charge in [0.25, 0.3) is 5.69 Å². The van der Waals surface area contributed by atoms with Crippen LogP contribution in [0.4, 0.5) is 5.69 Å². The van der Waals surface area contributed by atoms with Crippen LogP contribution in [0.25, 0.3) is 0 Å². The minimum absolute atomic E-state index is 0.00525. The molecule has 0 aliphatic heterocycles. The Bertz CT molecular complexity index is 1040. The number of nitro benzene ring substituents is 1. The molecule has 8 nitrogen and oxygen atoms in total. The van der Waals surface area contributed by atoms with E-state index in [2.05, 4.69) is 17.5 Å². The molecular formula is C24H27N3O5. The molecule has 2 aliphatic carbocycles. The Kier molecular flexibility index (Phi) is 6.12. The van der Waals surface area contributed by atoms with Crippen LogP contribution in [0.3, 0.4) is 0 Å². The number of rotatable bonds is 8. The number of hydrazone groups is 1. The maximum atomic E-state index is 12.5. The maximum Gasteiger partial charge on any atom is 0.269 e. The van der Waals surface area contributed by atoms with Crippen LogP contribution in [0.1, 0.15) is 43.7 Å². The molecule has 1 amide bonds. The fraction of sp³-hybridized carbons (Fsp3) is 0.417. The van der Waals surface area contributed by atoms with E-state index in [9.17, 15) is 14.9 Å². The number of amides is 1. The fourth-order valence-corrected chi connectivity index (χ4v) is 4.85. The largest absolute Gasteiger partial charge is 0.493 e. The Morgan fingerprint density at radius 2 is 2.03 bits per heavy atom. The Morgan fingerprint density at radius 3 is 2.69 bits per heavy atom. The van der Waals surface area contributed by atoms with Gasteiger partial charge in [-0.2, -0.15) is 5.10 Å². The molecule has 2 aromatic carbocycles. The molecule has 2 aromatic rings. The van der Waals surface area contributed by atoms with Crippen molar-refractivity contribution in [2.75, 3.05) is 7.11 Å². The number of carbonyl (C=O) groups is 1. The Hall–Kier alpha value is -3.42. The van der Waals surface area contributed by atoms with Gasteiger partial charge in [0.2, 0.25) is 5.91 Å². The summed E-state index contributed by atoms with van der Waals surface area (Å²) in [7, 11) is 1.55. The highest BCUT2D eigenvalue weighted by molar-refractivity contribution is 5.86. The summed E-state index contributed by atoms with van der Waals surface area (Å²) in [6, 6.07) is 11.6. The molecule has 0 heterocycles. The second-order valence-electron chi connectivity index (χ2n) is 8.69. The second kappa shape index (κ2) is 8.98. The molecule has 1 N–H and O–H groups in total. The first-order valence-electron chi connectivity index (χ1n) is 10.8. The molecule has 0 bridgehead atoms. The number of hydrogen-bond acceptors (Lipinski definition) is 6. The monoisotopic (exact) mass is 437 g/mol. The fourth-order valence-electron chi connectivity index (χ4n) is 4.85. The predicted molar refractivity (Wildman–Crippen MR) is 120 cm³/mol. The highest BCUT2D eigenvalue weighted by Crippen LogP contribution is 2.66. The first kappa shape index (κ1) is 21.8. The zero-order chi connectivity index (χ0) is 22.7. The number of non-ortho nitro benzene ring substituents is 1. The average molecular weight is 437 g/mol. The summed E-state index contributed by atoms with van der Waals surface area (Å²) in [6.45, 7) is 2.46. The van der Waals surface area contributed by atoms with Gasteiger partial charge in [-0.25, -0.2) is 5.43 Å². The normalized spacial score (nSPS) is 23.9. The predicted octanol–water partition coefficient (Wildman–Crippen LogP) is 4.46. The van der Waals surface area contributed by atoms with Crippen molar-refractivity contribution in [3.05, 3.63) is 63.7 Å². The molecule has 0 radical (unpaired) electrons. The molecule has 8 heteroatoms. The molecule has 0 unspecified atom stereocenters. The van der Waals surface area contributed by atoms with Gasteiger partial charge < -0.3 is 9.47 Å². The van der Waals surface area contributed by atoms with E-state index in [0.717, 1.165) is 24.0 Å². The van der Waals surface area contributed by atoms with Gasteiger partial charge in [-0.15, -0.1) is 0 Å². The van der Waals surface area contributed by atoms with Gasteiger partial charge >= 0.3 is 0 Å². The number of fused-ring (bicyclic) bond motifs is 1. The van der Waals surface area contributed by atoms with Gasteiger partial charge in [-0.3, -0.25) is 14.9 Å². The van der Waals surface area contributed by atoms with Crippen LogP contribution in [0, 0.1) is 27.4 Å². The number of methoxy groups -OCH3 is 1. The van der Waals surface area contributed by atoms with Crippen molar-refractivity contribution in [2.45, 2.75) is 39.2 Å². The summed E-state index contributed by atoms with van der Waals surface area (Å²) in [4.78, 5) is 22.8. The third-order valence-corrected chi connectivity index (χ3v) is 6.73. The molecule has 4 rings (SSSR count). The van der Waals surface area contributed by atoms with Crippen LogP contribution in [0.5, 0.6) is 11.5 Å². The molecular weight excluding hydrogens is 410 g/mol. The van der Waals surface area contributed by atoms with E-state index in [0.29, 0.717) is 17.4 Å².